The summed E-state index contributed by atoms with van der Waals surface area (Å²) in [5.74, 6) is -0.0142. The fourth-order valence-corrected chi connectivity index (χ4v) is 2.53. The highest BCUT2D eigenvalue weighted by atomic mass is 79.9. The second-order valence-electron chi connectivity index (χ2n) is 3.57. The van der Waals surface area contributed by atoms with E-state index in [4.69, 9.17) is 0 Å². The van der Waals surface area contributed by atoms with E-state index in [2.05, 4.69) is 26.2 Å². The Morgan fingerprint density at radius 1 is 1.47 bits per heavy atom. The van der Waals surface area contributed by atoms with E-state index in [-0.39, 0.29) is 5.91 Å². The number of amides is 1. The number of carbonyl (C=O) groups excluding carboxylic acids is 1. The van der Waals surface area contributed by atoms with Gasteiger partial charge in [0.15, 0.2) is 0 Å². The minimum absolute atomic E-state index is 0.0142. The van der Waals surface area contributed by atoms with Crippen LogP contribution >= 0.6 is 27.3 Å². The van der Waals surface area contributed by atoms with Gasteiger partial charge in [-0.25, -0.2) is 4.98 Å². The third-order valence-corrected chi connectivity index (χ3v) is 3.56. The van der Waals surface area contributed by atoms with Gasteiger partial charge in [0.05, 0.1) is 17.8 Å². The van der Waals surface area contributed by atoms with Crippen molar-refractivity contribution in [3.05, 3.63) is 44.8 Å². The van der Waals surface area contributed by atoms with Crippen LogP contribution in [0.15, 0.2) is 34.2 Å². The van der Waals surface area contributed by atoms with Crippen LogP contribution in [0.2, 0.25) is 0 Å². The zero-order chi connectivity index (χ0) is 12.3. The van der Waals surface area contributed by atoms with Gasteiger partial charge in [-0.2, -0.15) is 0 Å². The number of pyridine rings is 1. The predicted molar refractivity (Wildman–Crippen MR) is 73.3 cm³/mol. The van der Waals surface area contributed by atoms with E-state index in [1.165, 1.54) is 0 Å². The summed E-state index contributed by atoms with van der Waals surface area (Å²) < 4.78 is 0.770. The normalized spacial score (nSPS) is 10.2. The summed E-state index contributed by atoms with van der Waals surface area (Å²) in [5.41, 5.74) is 1.56. The zero-order valence-electron chi connectivity index (χ0n) is 9.24. The second-order valence-corrected chi connectivity index (χ2v) is 5.42. The average molecular weight is 311 g/mol. The lowest BCUT2D eigenvalue weighted by Gasteiger charge is -2.07. The van der Waals surface area contributed by atoms with Crippen LogP contribution in [0.4, 0.5) is 5.69 Å². The number of carbonyl (C=O) groups is 1. The monoisotopic (exact) mass is 310 g/mol. The van der Waals surface area contributed by atoms with Gasteiger partial charge in [0.1, 0.15) is 4.60 Å². The minimum atomic E-state index is -0.0142. The standard InChI is InChI=1S/C12H11BrN2OS/c1-8-10(4-5-11(13)14-8)15-12(16)7-9-3-2-6-17-9/h2-6H,7H2,1H3,(H,15,16). The zero-order valence-corrected chi connectivity index (χ0v) is 11.6. The van der Waals surface area contributed by atoms with Crippen LogP contribution in [0, 0.1) is 6.92 Å². The maximum absolute atomic E-state index is 11.8. The fraction of sp³-hybridized carbons (Fsp3) is 0.167. The summed E-state index contributed by atoms with van der Waals surface area (Å²) >= 11 is 4.87. The van der Waals surface area contributed by atoms with Crippen molar-refractivity contribution < 1.29 is 4.79 Å². The molecule has 3 nitrogen and oxygen atoms in total. The molecule has 0 atom stereocenters. The van der Waals surface area contributed by atoms with Gasteiger partial charge in [-0.1, -0.05) is 6.07 Å². The van der Waals surface area contributed by atoms with Crippen molar-refractivity contribution in [1.29, 1.82) is 0 Å². The van der Waals surface area contributed by atoms with Crippen molar-refractivity contribution in [3.8, 4) is 0 Å². The van der Waals surface area contributed by atoms with Crippen molar-refractivity contribution in [1.82, 2.24) is 4.98 Å². The topological polar surface area (TPSA) is 42.0 Å². The van der Waals surface area contributed by atoms with Gasteiger partial charge in [-0.3, -0.25) is 4.79 Å². The van der Waals surface area contributed by atoms with Crippen molar-refractivity contribution in [2.24, 2.45) is 0 Å². The summed E-state index contributed by atoms with van der Waals surface area (Å²) in [6, 6.07) is 7.56. The number of nitrogens with zero attached hydrogens (tertiary/aromatic N) is 1. The van der Waals surface area contributed by atoms with Gasteiger partial charge in [-0.05, 0) is 46.4 Å². The molecular weight excluding hydrogens is 300 g/mol. The number of halogens is 1. The van der Waals surface area contributed by atoms with Gasteiger partial charge in [0.25, 0.3) is 0 Å². The fourth-order valence-electron chi connectivity index (χ4n) is 1.43. The third kappa shape index (κ3) is 3.38. The summed E-state index contributed by atoms with van der Waals surface area (Å²) in [6.45, 7) is 1.87. The molecule has 0 aromatic carbocycles. The van der Waals surface area contributed by atoms with Crippen LogP contribution in [0.1, 0.15) is 10.6 Å². The van der Waals surface area contributed by atoms with E-state index in [0.29, 0.717) is 6.42 Å². The first-order valence-corrected chi connectivity index (χ1v) is 6.78. The molecule has 0 saturated carbocycles. The molecule has 0 saturated heterocycles. The lowest BCUT2D eigenvalue weighted by atomic mass is 10.3. The Morgan fingerprint density at radius 2 is 2.29 bits per heavy atom. The first-order valence-electron chi connectivity index (χ1n) is 5.10. The molecular formula is C12H11BrN2OS. The Balaban J connectivity index is 2.03. The molecule has 2 rings (SSSR count). The van der Waals surface area contributed by atoms with Gasteiger partial charge in [-0.15, -0.1) is 11.3 Å². The molecule has 1 amide bonds. The number of aromatic nitrogens is 1. The van der Waals surface area contributed by atoms with E-state index in [9.17, 15) is 4.79 Å². The molecule has 0 aliphatic heterocycles. The third-order valence-electron chi connectivity index (χ3n) is 2.24. The van der Waals surface area contributed by atoms with Gasteiger partial charge in [0, 0.05) is 4.88 Å². The lowest BCUT2D eigenvalue weighted by Crippen LogP contribution is -2.14. The van der Waals surface area contributed by atoms with Gasteiger partial charge >= 0.3 is 0 Å². The Morgan fingerprint density at radius 3 is 2.94 bits per heavy atom. The van der Waals surface area contributed by atoms with Gasteiger partial charge < -0.3 is 5.32 Å². The molecule has 17 heavy (non-hydrogen) atoms. The summed E-state index contributed by atoms with van der Waals surface area (Å²) in [5, 5.41) is 4.83. The van der Waals surface area contributed by atoms with Gasteiger partial charge in [0.2, 0.25) is 5.91 Å². The number of hydrogen-bond donors (Lipinski definition) is 1. The Bertz CT molecular complexity index is 525. The Kier molecular flexibility index (Phi) is 3.91. The number of nitrogens with one attached hydrogen (secondary N) is 1. The number of anilines is 1. The number of hydrogen-bond acceptors (Lipinski definition) is 3. The smallest absolute Gasteiger partial charge is 0.229 e. The molecule has 1 N–H and O–H groups in total. The van der Waals surface area contributed by atoms with Crippen LogP contribution < -0.4 is 5.32 Å². The molecule has 0 spiro atoms. The van der Waals surface area contributed by atoms with Crippen LogP contribution in [0.25, 0.3) is 0 Å². The van der Waals surface area contributed by atoms with E-state index < -0.39 is 0 Å². The molecule has 0 fully saturated rings. The van der Waals surface area contributed by atoms with Crippen molar-refractivity contribution >= 4 is 38.9 Å². The molecule has 0 unspecified atom stereocenters. The number of thiophene rings is 1. The largest absolute Gasteiger partial charge is 0.324 e. The second kappa shape index (κ2) is 5.42. The van der Waals surface area contributed by atoms with Crippen molar-refractivity contribution in [2.75, 3.05) is 5.32 Å². The molecule has 2 aromatic rings. The summed E-state index contributed by atoms with van der Waals surface area (Å²) in [7, 11) is 0. The SMILES string of the molecule is Cc1nc(Br)ccc1NC(=O)Cc1cccs1. The number of aryl methyl sites for hydroxylation is 1. The molecule has 88 valence electrons. The molecule has 5 heteroatoms. The molecule has 0 aliphatic carbocycles. The quantitative estimate of drug-likeness (QED) is 0.883. The minimum Gasteiger partial charge on any atom is -0.324 e. The highest BCUT2D eigenvalue weighted by Gasteiger charge is 2.07. The molecule has 0 bridgehead atoms. The van der Waals surface area contributed by atoms with Crippen LogP contribution in [0.3, 0.4) is 0 Å². The lowest BCUT2D eigenvalue weighted by molar-refractivity contribution is -0.115. The maximum Gasteiger partial charge on any atom is 0.229 e. The highest BCUT2D eigenvalue weighted by Crippen LogP contribution is 2.17. The highest BCUT2D eigenvalue weighted by molar-refractivity contribution is 9.10. The Labute approximate surface area is 112 Å². The van der Waals surface area contributed by atoms with Crippen LogP contribution in [-0.4, -0.2) is 10.9 Å². The first-order chi connectivity index (χ1) is 8.15. The summed E-state index contributed by atoms with van der Waals surface area (Å²) in [6.07, 6.45) is 0.410. The van der Waals surface area contributed by atoms with Crippen molar-refractivity contribution in [3.63, 3.8) is 0 Å². The van der Waals surface area contributed by atoms with Crippen LogP contribution in [0.5, 0.6) is 0 Å². The summed E-state index contributed by atoms with van der Waals surface area (Å²) in [4.78, 5) is 17.1. The molecule has 0 radical (unpaired) electrons. The van der Waals surface area contributed by atoms with E-state index >= 15 is 0 Å². The first kappa shape index (κ1) is 12.3. The van der Waals surface area contributed by atoms with E-state index in [1.807, 2.05) is 36.6 Å². The average Bonchev–Trinajstić information content (AvgIpc) is 2.75. The van der Waals surface area contributed by atoms with E-state index in [0.717, 1.165) is 20.9 Å². The Hall–Kier alpha value is -1.20. The van der Waals surface area contributed by atoms with Crippen molar-refractivity contribution in [2.45, 2.75) is 13.3 Å². The predicted octanol–water partition coefficient (Wildman–Crippen LogP) is 3.40. The van der Waals surface area contributed by atoms with Crippen LogP contribution in [-0.2, 0) is 11.2 Å². The maximum atomic E-state index is 11.8. The molecule has 2 heterocycles. The van der Waals surface area contributed by atoms with E-state index in [1.54, 1.807) is 11.3 Å². The molecule has 0 aliphatic rings. The number of rotatable bonds is 3. The molecule has 2 aromatic heterocycles.